The zero-order valence-corrected chi connectivity index (χ0v) is 15.2. The monoisotopic (exact) mass is 346 g/mol. The van der Waals surface area contributed by atoms with Crippen LogP contribution in [0.25, 0.3) is 6.08 Å². The molecule has 6 heteroatoms. The van der Waals surface area contributed by atoms with Gasteiger partial charge in [0.2, 0.25) is 10.0 Å². The van der Waals surface area contributed by atoms with Crippen LogP contribution in [0.5, 0.6) is 5.75 Å². The van der Waals surface area contributed by atoms with E-state index in [4.69, 9.17) is 9.73 Å². The second kappa shape index (κ2) is 5.77. The maximum atomic E-state index is 12.3. The fourth-order valence-corrected chi connectivity index (χ4v) is 4.49. The number of methoxy groups -OCH3 is 1. The predicted molar refractivity (Wildman–Crippen MR) is 96.7 cm³/mol. The summed E-state index contributed by atoms with van der Waals surface area (Å²) in [7, 11) is -1.74. The smallest absolute Gasteiger partial charge is 0.232 e. The van der Waals surface area contributed by atoms with Crippen LogP contribution in [-0.2, 0) is 10.0 Å². The Kier molecular flexibility index (Phi) is 4.03. The zero-order chi connectivity index (χ0) is 17.5. The molecule has 1 fully saturated rings. The van der Waals surface area contributed by atoms with Crippen LogP contribution in [-0.4, -0.2) is 43.9 Å². The molecule has 1 spiro atoms. The molecule has 0 bridgehead atoms. The lowest BCUT2D eigenvalue weighted by molar-refractivity contribution is 0.414. The molecule has 128 valence electrons. The molecule has 0 radical (unpaired) electrons. The topological polar surface area (TPSA) is 59.0 Å². The lowest BCUT2D eigenvalue weighted by atomic mass is 9.88. The molecule has 0 aliphatic carbocycles. The number of hydrogen-bond donors (Lipinski definition) is 0. The summed E-state index contributed by atoms with van der Waals surface area (Å²) in [5.41, 5.74) is 3.05. The van der Waals surface area contributed by atoms with Crippen molar-refractivity contribution in [3.63, 3.8) is 0 Å². The van der Waals surface area contributed by atoms with Crippen LogP contribution >= 0.6 is 0 Å². The molecule has 1 aromatic carbocycles. The summed E-state index contributed by atoms with van der Waals surface area (Å²) in [6, 6.07) is 7.59. The molecule has 2 aliphatic heterocycles. The largest absolute Gasteiger partial charge is 0.497 e. The Morgan fingerprint density at radius 2 is 2.08 bits per heavy atom. The lowest BCUT2D eigenvalue weighted by Gasteiger charge is -2.27. The molecule has 5 nitrogen and oxygen atoms in total. The number of hydrogen-bond acceptors (Lipinski definition) is 4. The average Bonchev–Trinajstić information content (AvgIpc) is 3.00. The van der Waals surface area contributed by atoms with Crippen LogP contribution in [0.3, 0.4) is 0 Å². The van der Waals surface area contributed by atoms with E-state index in [-0.39, 0.29) is 0 Å². The number of ether oxygens (including phenoxy) is 1. The summed E-state index contributed by atoms with van der Waals surface area (Å²) < 4.78 is 31.3. The molecule has 0 amide bonds. The minimum absolute atomic E-state index is 0.441. The Hall–Kier alpha value is -2.08. The molecule has 1 aromatic rings. The molecule has 3 rings (SSSR count). The lowest BCUT2D eigenvalue weighted by Crippen LogP contribution is -2.32. The van der Waals surface area contributed by atoms with Gasteiger partial charge in [-0.2, -0.15) is 0 Å². The van der Waals surface area contributed by atoms with Gasteiger partial charge in [-0.1, -0.05) is 12.1 Å². The molecule has 2 heterocycles. The van der Waals surface area contributed by atoms with Gasteiger partial charge in [0.1, 0.15) is 11.3 Å². The van der Waals surface area contributed by atoms with Gasteiger partial charge in [-0.05, 0) is 49.3 Å². The summed E-state index contributed by atoms with van der Waals surface area (Å²) in [5, 5.41) is 0. The van der Waals surface area contributed by atoms with Crippen molar-refractivity contribution in [1.29, 1.82) is 0 Å². The van der Waals surface area contributed by atoms with Crippen LogP contribution in [0.15, 0.2) is 46.6 Å². The van der Waals surface area contributed by atoms with Crippen molar-refractivity contribution in [3.8, 4) is 5.75 Å². The summed E-state index contributed by atoms with van der Waals surface area (Å²) in [4.78, 5) is 4.80. The van der Waals surface area contributed by atoms with Crippen molar-refractivity contribution in [2.45, 2.75) is 25.8 Å². The van der Waals surface area contributed by atoms with E-state index in [1.165, 1.54) is 10.6 Å². The van der Waals surface area contributed by atoms with E-state index in [1.807, 2.05) is 50.3 Å². The Balaban J connectivity index is 2.17. The van der Waals surface area contributed by atoms with Crippen molar-refractivity contribution in [1.82, 2.24) is 4.31 Å². The second-order valence-corrected chi connectivity index (χ2v) is 8.24. The van der Waals surface area contributed by atoms with Gasteiger partial charge in [-0.25, -0.2) is 8.42 Å². The van der Waals surface area contributed by atoms with Crippen molar-refractivity contribution in [2.75, 3.05) is 19.9 Å². The van der Waals surface area contributed by atoms with Crippen molar-refractivity contribution >= 4 is 21.8 Å². The number of sulfonamides is 1. The van der Waals surface area contributed by atoms with Gasteiger partial charge in [0.25, 0.3) is 0 Å². The van der Waals surface area contributed by atoms with Crippen LogP contribution in [0.4, 0.5) is 0 Å². The van der Waals surface area contributed by atoms with Gasteiger partial charge in [0.15, 0.2) is 0 Å². The third-order valence-electron chi connectivity index (χ3n) is 4.61. The first-order chi connectivity index (χ1) is 11.3. The molecule has 0 saturated carbocycles. The molecule has 1 saturated heterocycles. The van der Waals surface area contributed by atoms with E-state index in [2.05, 4.69) is 0 Å². The van der Waals surface area contributed by atoms with Gasteiger partial charge in [0, 0.05) is 18.7 Å². The van der Waals surface area contributed by atoms with Gasteiger partial charge >= 0.3 is 0 Å². The highest BCUT2D eigenvalue weighted by molar-refractivity contribution is 7.88. The number of benzene rings is 1. The fourth-order valence-electron chi connectivity index (χ4n) is 3.51. The first kappa shape index (κ1) is 16.8. The van der Waals surface area contributed by atoms with E-state index in [1.54, 1.807) is 7.11 Å². The Morgan fingerprint density at radius 1 is 1.33 bits per heavy atom. The molecule has 1 atom stereocenters. The maximum Gasteiger partial charge on any atom is 0.232 e. The molecular formula is C18H22N2O3S. The van der Waals surface area contributed by atoms with E-state index < -0.39 is 15.6 Å². The third-order valence-corrected chi connectivity index (χ3v) is 5.79. The summed E-state index contributed by atoms with van der Waals surface area (Å²) in [6.45, 7) is 4.41. The highest BCUT2D eigenvalue weighted by atomic mass is 32.2. The van der Waals surface area contributed by atoms with Crippen molar-refractivity contribution in [3.05, 3.63) is 47.2 Å². The standard InChI is InChI=1S/C18H22N2O3S/c1-13-10-14(2)19-18(13)8-9-20(24(4,21)22)17(18)12-15-6-5-7-16(11-15)23-3/h5-7,10-12H,8-9H2,1-4H3/b17-12+/t18-/m1/s1. The Labute approximate surface area is 143 Å². The third kappa shape index (κ3) is 2.75. The van der Waals surface area contributed by atoms with Crippen LogP contribution in [0.2, 0.25) is 0 Å². The molecule has 0 aromatic heterocycles. The first-order valence-corrected chi connectivity index (χ1v) is 9.70. The van der Waals surface area contributed by atoms with Gasteiger partial charge < -0.3 is 4.74 Å². The summed E-state index contributed by atoms with van der Waals surface area (Å²) in [6.07, 6.45) is 5.85. The van der Waals surface area contributed by atoms with E-state index in [9.17, 15) is 8.42 Å². The number of rotatable bonds is 3. The Morgan fingerprint density at radius 3 is 2.67 bits per heavy atom. The van der Waals surface area contributed by atoms with Crippen molar-refractivity contribution in [2.24, 2.45) is 4.99 Å². The summed E-state index contributed by atoms with van der Waals surface area (Å²) >= 11 is 0. The predicted octanol–water partition coefficient (Wildman–Crippen LogP) is 2.86. The average molecular weight is 346 g/mol. The van der Waals surface area contributed by atoms with E-state index >= 15 is 0 Å². The molecule has 2 aliphatic rings. The van der Waals surface area contributed by atoms with E-state index in [0.717, 1.165) is 22.6 Å². The number of allylic oxidation sites excluding steroid dienone is 1. The normalized spacial score (nSPS) is 25.3. The molecule has 0 unspecified atom stereocenters. The van der Waals surface area contributed by atoms with Gasteiger partial charge in [-0.15, -0.1) is 0 Å². The van der Waals surface area contributed by atoms with Crippen molar-refractivity contribution < 1.29 is 13.2 Å². The van der Waals surface area contributed by atoms with Crippen LogP contribution < -0.4 is 4.74 Å². The minimum Gasteiger partial charge on any atom is -0.497 e. The minimum atomic E-state index is -3.35. The van der Waals surface area contributed by atoms with Crippen LogP contribution in [0, 0.1) is 0 Å². The van der Waals surface area contributed by atoms with Gasteiger partial charge in [-0.3, -0.25) is 9.30 Å². The van der Waals surface area contributed by atoms with Crippen LogP contribution in [0.1, 0.15) is 25.8 Å². The summed E-state index contributed by atoms with van der Waals surface area (Å²) in [5.74, 6) is 0.737. The van der Waals surface area contributed by atoms with E-state index in [0.29, 0.717) is 18.7 Å². The molecule has 0 N–H and O–H groups in total. The quantitative estimate of drug-likeness (QED) is 0.845. The number of nitrogens with zero attached hydrogens (tertiary/aromatic N) is 2. The molecular weight excluding hydrogens is 324 g/mol. The highest BCUT2D eigenvalue weighted by Gasteiger charge is 2.48. The second-order valence-electron chi connectivity index (χ2n) is 6.33. The zero-order valence-electron chi connectivity index (χ0n) is 14.4. The fraction of sp³-hybridized carbons (Fsp3) is 0.389. The SMILES string of the molecule is COc1cccc(/C=C2/N(S(C)(=O)=O)CC[C@]23N=C(C)C=C3C)c1. The maximum absolute atomic E-state index is 12.3. The Bertz CT molecular complexity index is 868. The highest BCUT2D eigenvalue weighted by Crippen LogP contribution is 2.46. The first-order valence-electron chi connectivity index (χ1n) is 7.85. The van der Waals surface area contributed by atoms with Gasteiger partial charge in [0.05, 0.1) is 19.1 Å². The molecule has 24 heavy (non-hydrogen) atoms. The number of aliphatic imine (C=N–C) groups is 1.